The number of rotatable bonds is 6. The van der Waals surface area contributed by atoms with Gasteiger partial charge in [-0.25, -0.2) is 0 Å². The standard InChI is InChI=1S/C22H20N4/c1-3-5-7-15-9-10-17-18(11-23)19(12-24)20(13-25)21(14-26)22(17)16(15)8-6-4-2/h9-10H,3-8H2,1-2H3. The Labute approximate surface area is 154 Å². The van der Waals surface area contributed by atoms with E-state index in [4.69, 9.17) is 0 Å². The molecule has 0 saturated carbocycles. The molecule has 0 unspecified atom stereocenters. The van der Waals surface area contributed by atoms with Crippen molar-refractivity contribution in [2.75, 3.05) is 0 Å². The van der Waals surface area contributed by atoms with Crippen molar-refractivity contribution >= 4 is 10.8 Å². The summed E-state index contributed by atoms with van der Waals surface area (Å²) in [6.07, 6.45) is 5.78. The summed E-state index contributed by atoms with van der Waals surface area (Å²) in [5, 5.41) is 39.7. The fraction of sp³-hybridized carbons (Fsp3) is 0.364. The Morgan fingerprint density at radius 2 is 1.23 bits per heavy atom. The largest absolute Gasteiger partial charge is 0.192 e. The van der Waals surface area contributed by atoms with Crippen molar-refractivity contribution in [1.29, 1.82) is 21.0 Å². The van der Waals surface area contributed by atoms with Crippen molar-refractivity contribution in [3.8, 4) is 24.3 Å². The maximum atomic E-state index is 9.75. The molecule has 0 amide bonds. The van der Waals surface area contributed by atoms with E-state index in [-0.39, 0.29) is 22.3 Å². The average Bonchev–Trinajstić information content (AvgIpc) is 2.68. The van der Waals surface area contributed by atoms with E-state index < -0.39 is 0 Å². The molecule has 0 aliphatic carbocycles. The van der Waals surface area contributed by atoms with Crippen LogP contribution >= 0.6 is 0 Å². The molecule has 0 bridgehead atoms. The number of hydrogen-bond acceptors (Lipinski definition) is 4. The van der Waals surface area contributed by atoms with Crippen LogP contribution in [0.15, 0.2) is 12.1 Å². The molecule has 0 heterocycles. The molecule has 0 aliphatic heterocycles. The Balaban J connectivity index is 3.02. The Kier molecular flexibility index (Phi) is 6.33. The van der Waals surface area contributed by atoms with Crippen molar-refractivity contribution in [3.05, 3.63) is 45.5 Å². The molecule has 4 heteroatoms. The smallest absolute Gasteiger partial charge is 0.102 e. The van der Waals surface area contributed by atoms with Crippen LogP contribution in [0.5, 0.6) is 0 Å². The summed E-state index contributed by atoms with van der Waals surface area (Å²) in [6, 6.07) is 12.0. The summed E-state index contributed by atoms with van der Waals surface area (Å²) in [6.45, 7) is 4.24. The van der Waals surface area contributed by atoms with E-state index >= 15 is 0 Å². The lowest BCUT2D eigenvalue weighted by Gasteiger charge is -2.16. The highest BCUT2D eigenvalue weighted by atomic mass is 14.3. The maximum absolute atomic E-state index is 9.75. The molecular weight excluding hydrogens is 320 g/mol. The molecule has 0 aliphatic rings. The summed E-state index contributed by atoms with van der Waals surface area (Å²) in [4.78, 5) is 0. The third kappa shape index (κ3) is 3.24. The zero-order valence-corrected chi connectivity index (χ0v) is 15.2. The zero-order valence-electron chi connectivity index (χ0n) is 15.2. The van der Waals surface area contributed by atoms with E-state index in [1.54, 1.807) is 0 Å². The van der Waals surface area contributed by atoms with Gasteiger partial charge in [-0.15, -0.1) is 0 Å². The fourth-order valence-electron chi connectivity index (χ4n) is 3.39. The van der Waals surface area contributed by atoms with E-state index in [1.165, 1.54) is 5.56 Å². The summed E-state index contributed by atoms with van der Waals surface area (Å²) in [5.74, 6) is 0. The van der Waals surface area contributed by atoms with Gasteiger partial charge in [-0.2, -0.15) is 21.0 Å². The van der Waals surface area contributed by atoms with Crippen molar-refractivity contribution in [1.82, 2.24) is 0 Å². The Hall–Kier alpha value is -3.34. The van der Waals surface area contributed by atoms with Gasteiger partial charge in [-0.3, -0.25) is 0 Å². The first-order valence-electron chi connectivity index (χ1n) is 8.93. The number of unbranched alkanes of at least 4 members (excludes halogenated alkanes) is 2. The molecule has 4 nitrogen and oxygen atoms in total. The first kappa shape index (κ1) is 19.0. The Morgan fingerprint density at radius 1 is 0.692 bits per heavy atom. The van der Waals surface area contributed by atoms with Crippen molar-refractivity contribution in [3.63, 3.8) is 0 Å². The topological polar surface area (TPSA) is 95.2 Å². The van der Waals surface area contributed by atoms with Crippen LogP contribution in [-0.2, 0) is 12.8 Å². The van der Waals surface area contributed by atoms with E-state index in [9.17, 15) is 21.0 Å². The monoisotopic (exact) mass is 340 g/mol. The molecule has 0 atom stereocenters. The molecular formula is C22H20N4. The second-order valence-corrected chi connectivity index (χ2v) is 6.28. The van der Waals surface area contributed by atoms with Gasteiger partial charge in [0.15, 0.2) is 0 Å². The van der Waals surface area contributed by atoms with Gasteiger partial charge in [0, 0.05) is 10.8 Å². The van der Waals surface area contributed by atoms with E-state index in [0.29, 0.717) is 10.8 Å². The highest BCUT2D eigenvalue weighted by Crippen LogP contribution is 2.35. The third-order valence-electron chi connectivity index (χ3n) is 4.71. The van der Waals surface area contributed by atoms with Crippen LogP contribution in [0.3, 0.4) is 0 Å². The minimum Gasteiger partial charge on any atom is -0.192 e. The van der Waals surface area contributed by atoms with Crippen LogP contribution in [0.4, 0.5) is 0 Å². The van der Waals surface area contributed by atoms with Gasteiger partial charge in [0.05, 0.1) is 22.3 Å². The lowest BCUT2D eigenvalue weighted by molar-refractivity contribution is 0.762. The minimum atomic E-state index is 0.00167. The van der Waals surface area contributed by atoms with Crippen LogP contribution in [0.2, 0.25) is 0 Å². The lowest BCUT2D eigenvalue weighted by Crippen LogP contribution is -2.04. The molecule has 2 aromatic rings. The molecule has 0 spiro atoms. The SMILES string of the molecule is CCCCc1ccc2c(C#N)c(C#N)c(C#N)c(C#N)c2c1CCCC. The second kappa shape index (κ2) is 8.67. The number of fused-ring (bicyclic) bond motifs is 1. The molecule has 2 aromatic carbocycles. The molecule has 2 rings (SSSR count). The molecule has 0 aromatic heterocycles. The van der Waals surface area contributed by atoms with E-state index in [2.05, 4.69) is 26.0 Å². The molecule has 0 saturated heterocycles. The average molecular weight is 340 g/mol. The maximum Gasteiger partial charge on any atom is 0.102 e. The van der Waals surface area contributed by atoms with Crippen molar-refractivity contribution in [2.45, 2.75) is 52.4 Å². The second-order valence-electron chi connectivity index (χ2n) is 6.28. The molecule has 128 valence electrons. The van der Waals surface area contributed by atoms with Crippen LogP contribution in [0.1, 0.15) is 72.9 Å². The van der Waals surface area contributed by atoms with E-state index in [1.807, 2.05) is 24.3 Å². The van der Waals surface area contributed by atoms with Gasteiger partial charge in [0.25, 0.3) is 0 Å². The van der Waals surface area contributed by atoms with Gasteiger partial charge < -0.3 is 0 Å². The summed E-state index contributed by atoms with van der Waals surface area (Å²) in [5.41, 5.74) is 2.65. The summed E-state index contributed by atoms with van der Waals surface area (Å²) in [7, 11) is 0. The van der Waals surface area contributed by atoms with E-state index in [0.717, 1.165) is 44.1 Å². The fourth-order valence-corrected chi connectivity index (χ4v) is 3.39. The number of benzene rings is 2. The van der Waals surface area contributed by atoms with Crippen LogP contribution < -0.4 is 0 Å². The van der Waals surface area contributed by atoms with Gasteiger partial charge in [-0.05, 0) is 36.8 Å². The molecule has 0 fully saturated rings. The van der Waals surface area contributed by atoms with Crippen LogP contribution in [0, 0.1) is 45.3 Å². The predicted octanol–water partition coefficient (Wildman–Crippen LogP) is 5.01. The highest BCUT2D eigenvalue weighted by Gasteiger charge is 2.22. The lowest BCUT2D eigenvalue weighted by atomic mass is 9.84. The first-order valence-corrected chi connectivity index (χ1v) is 8.93. The normalized spacial score (nSPS) is 9.92. The highest BCUT2D eigenvalue weighted by molar-refractivity contribution is 5.99. The molecule has 0 N–H and O–H groups in total. The first-order chi connectivity index (χ1) is 12.7. The van der Waals surface area contributed by atoms with Crippen LogP contribution in [0.25, 0.3) is 10.8 Å². The molecule has 0 radical (unpaired) electrons. The van der Waals surface area contributed by atoms with Crippen LogP contribution in [-0.4, -0.2) is 0 Å². The minimum absolute atomic E-state index is 0.00167. The summed E-state index contributed by atoms with van der Waals surface area (Å²) >= 11 is 0. The number of nitriles is 4. The molecule has 26 heavy (non-hydrogen) atoms. The summed E-state index contributed by atoms with van der Waals surface area (Å²) < 4.78 is 0. The van der Waals surface area contributed by atoms with Gasteiger partial charge >= 0.3 is 0 Å². The van der Waals surface area contributed by atoms with Crippen molar-refractivity contribution in [2.24, 2.45) is 0 Å². The van der Waals surface area contributed by atoms with Crippen molar-refractivity contribution < 1.29 is 0 Å². The van der Waals surface area contributed by atoms with Gasteiger partial charge in [0.1, 0.15) is 24.3 Å². The zero-order chi connectivity index (χ0) is 19.1. The Bertz CT molecular complexity index is 1000. The number of hydrogen-bond donors (Lipinski definition) is 0. The third-order valence-corrected chi connectivity index (χ3v) is 4.71. The predicted molar refractivity (Wildman–Crippen MR) is 100 cm³/mol. The quantitative estimate of drug-likeness (QED) is 0.738. The number of nitrogens with zero attached hydrogens (tertiary/aromatic N) is 4. The van der Waals surface area contributed by atoms with Gasteiger partial charge in [-0.1, -0.05) is 38.8 Å². The number of aryl methyl sites for hydroxylation is 2. The van der Waals surface area contributed by atoms with Gasteiger partial charge in [0.2, 0.25) is 0 Å². The Morgan fingerprint density at radius 3 is 1.77 bits per heavy atom.